The Kier molecular flexibility index (Phi) is 12.3. The zero-order valence-corrected chi connectivity index (χ0v) is 32.1. The van der Waals surface area contributed by atoms with Crippen LogP contribution in [-0.2, 0) is 17.8 Å². The highest BCUT2D eigenvalue weighted by Gasteiger charge is 2.27. The van der Waals surface area contributed by atoms with Gasteiger partial charge in [-0.2, -0.15) is 0 Å². The minimum atomic E-state index is -0.623. The molecule has 2 amide bonds. The van der Waals surface area contributed by atoms with Crippen LogP contribution in [0.1, 0.15) is 76.5 Å². The molecule has 2 aliphatic heterocycles. The maximum Gasteiger partial charge on any atom is 0.280 e. The number of halogens is 1. The molecule has 3 aliphatic rings. The van der Waals surface area contributed by atoms with Crippen molar-refractivity contribution in [2.75, 3.05) is 39.4 Å². The standard InChI is InChI=1S/C41H50FN7O4S/c1-26-21-49(22-27(2)44-26)23-29-7-12-36(31(17-29)24-48-13-15-52-16-14-48)30-5-4-6-35(18-30)53-40-37(19-32(42)20-43-40)38(50)46-33-8-10-34(11-9-33)47-39(51)41-45-28(3)25-54-41/h4-7,12,17-20,25-27,33-34,44H,8-11,13-16,21-24H2,1-3H3,(H,46,50)(H,47,51)/t26-,27+,33-,34-. The smallest absolute Gasteiger partial charge is 0.280 e. The molecule has 4 heterocycles. The second-order valence-electron chi connectivity index (χ2n) is 15.0. The number of aryl methyl sites for hydroxylation is 1. The molecule has 286 valence electrons. The molecule has 54 heavy (non-hydrogen) atoms. The van der Waals surface area contributed by atoms with Gasteiger partial charge in [0.25, 0.3) is 11.8 Å². The first-order chi connectivity index (χ1) is 26.1. The van der Waals surface area contributed by atoms with E-state index < -0.39 is 11.7 Å². The minimum absolute atomic E-state index is 0.00214. The van der Waals surface area contributed by atoms with Crippen LogP contribution in [0.2, 0.25) is 0 Å². The number of nitrogens with one attached hydrogen (secondary N) is 3. The number of benzene rings is 2. The molecule has 2 aromatic carbocycles. The van der Waals surface area contributed by atoms with Crippen LogP contribution in [0.25, 0.3) is 11.1 Å². The fourth-order valence-corrected chi connectivity index (χ4v) is 8.54. The molecule has 0 unspecified atom stereocenters. The second kappa shape index (κ2) is 17.5. The summed E-state index contributed by atoms with van der Waals surface area (Å²) in [7, 11) is 0. The molecule has 2 atom stereocenters. The van der Waals surface area contributed by atoms with Gasteiger partial charge >= 0.3 is 0 Å². The Morgan fingerprint density at radius 3 is 2.37 bits per heavy atom. The van der Waals surface area contributed by atoms with Crippen molar-refractivity contribution in [2.45, 2.75) is 83.7 Å². The first-order valence-electron chi connectivity index (χ1n) is 19.0. The summed E-state index contributed by atoms with van der Waals surface area (Å²) in [6.07, 6.45) is 3.83. The molecule has 0 bridgehead atoms. The Balaban J connectivity index is 1.04. The van der Waals surface area contributed by atoms with Gasteiger partial charge in [-0.25, -0.2) is 14.4 Å². The summed E-state index contributed by atoms with van der Waals surface area (Å²) in [6.45, 7) is 13.3. The largest absolute Gasteiger partial charge is 0.438 e. The van der Waals surface area contributed by atoms with Crippen molar-refractivity contribution in [3.05, 3.63) is 93.3 Å². The van der Waals surface area contributed by atoms with E-state index in [4.69, 9.17) is 9.47 Å². The Hall–Kier alpha value is -4.27. The summed E-state index contributed by atoms with van der Waals surface area (Å²) >= 11 is 1.33. The van der Waals surface area contributed by atoms with Gasteiger partial charge in [-0.05, 0) is 86.9 Å². The summed E-state index contributed by atoms with van der Waals surface area (Å²) in [5.74, 6) is -0.706. The van der Waals surface area contributed by atoms with Crippen molar-refractivity contribution >= 4 is 23.2 Å². The van der Waals surface area contributed by atoms with E-state index in [9.17, 15) is 14.0 Å². The molecular weight excluding hydrogens is 706 g/mol. The average Bonchev–Trinajstić information content (AvgIpc) is 3.60. The number of morpholine rings is 1. The number of rotatable bonds is 11. The van der Waals surface area contributed by atoms with E-state index in [-0.39, 0.29) is 29.4 Å². The molecule has 3 fully saturated rings. The zero-order chi connectivity index (χ0) is 37.6. The lowest BCUT2D eigenvalue weighted by molar-refractivity contribution is 0.0342. The Morgan fingerprint density at radius 1 is 0.944 bits per heavy atom. The van der Waals surface area contributed by atoms with Gasteiger partial charge in [0.05, 0.1) is 19.4 Å². The SMILES string of the molecule is Cc1csc(C(=O)N[C@H]2CC[C@H](NC(=O)c3cc(F)cnc3Oc3cccc(-c4ccc(CN5C[C@@H](C)N[C@@H](C)C5)cc4CN4CCOCC4)c3)CC2)n1. The quantitative estimate of drug-likeness (QED) is 0.171. The van der Waals surface area contributed by atoms with Gasteiger partial charge in [-0.15, -0.1) is 11.3 Å². The van der Waals surface area contributed by atoms with Gasteiger partial charge in [0.2, 0.25) is 5.88 Å². The van der Waals surface area contributed by atoms with Crippen LogP contribution in [0.5, 0.6) is 11.6 Å². The van der Waals surface area contributed by atoms with Gasteiger partial charge in [-0.3, -0.25) is 19.4 Å². The van der Waals surface area contributed by atoms with E-state index in [1.807, 2.05) is 30.5 Å². The van der Waals surface area contributed by atoms with Crippen molar-refractivity contribution in [1.29, 1.82) is 0 Å². The Bertz CT molecular complexity index is 1920. The number of nitrogens with zero attached hydrogens (tertiary/aromatic N) is 4. The van der Waals surface area contributed by atoms with Gasteiger partial charge in [0.15, 0.2) is 5.01 Å². The lowest BCUT2D eigenvalue weighted by Gasteiger charge is -2.36. The minimum Gasteiger partial charge on any atom is -0.438 e. The lowest BCUT2D eigenvalue weighted by atomic mass is 9.91. The summed E-state index contributed by atoms with van der Waals surface area (Å²) in [5.41, 5.74) is 5.46. The van der Waals surface area contributed by atoms with Crippen LogP contribution < -0.4 is 20.7 Å². The Labute approximate surface area is 320 Å². The van der Waals surface area contributed by atoms with Crippen LogP contribution in [0.4, 0.5) is 4.39 Å². The molecule has 1 saturated carbocycles. The van der Waals surface area contributed by atoms with Gasteiger partial charge < -0.3 is 25.4 Å². The number of carbonyl (C=O) groups is 2. The summed E-state index contributed by atoms with van der Waals surface area (Å²) in [5, 5.41) is 12.1. The van der Waals surface area contributed by atoms with Crippen LogP contribution in [0, 0.1) is 12.7 Å². The average molecular weight is 756 g/mol. The summed E-state index contributed by atoms with van der Waals surface area (Å²) in [6, 6.07) is 16.5. The van der Waals surface area contributed by atoms with E-state index in [2.05, 4.69) is 73.8 Å². The molecule has 0 spiro atoms. The van der Waals surface area contributed by atoms with Crippen molar-refractivity contribution in [2.24, 2.45) is 0 Å². The van der Waals surface area contributed by atoms with Crippen LogP contribution in [0.3, 0.4) is 0 Å². The van der Waals surface area contributed by atoms with E-state index in [0.717, 1.165) is 75.5 Å². The summed E-state index contributed by atoms with van der Waals surface area (Å²) < 4.78 is 26.4. The third kappa shape index (κ3) is 9.88. The molecular formula is C41H50FN7O4S. The molecule has 2 saturated heterocycles. The van der Waals surface area contributed by atoms with Crippen molar-refractivity contribution in [3.63, 3.8) is 0 Å². The molecule has 4 aromatic rings. The highest BCUT2D eigenvalue weighted by molar-refractivity contribution is 7.11. The summed E-state index contributed by atoms with van der Waals surface area (Å²) in [4.78, 5) is 39.6. The number of thiazole rings is 1. The number of pyridine rings is 1. The molecule has 7 rings (SSSR count). The Morgan fingerprint density at radius 2 is 1.67 bits per heavy atom. The maximum absolute atomic E-state index is 14.5. The van der Waals surface area contributed by atoms with E-state index in [0.29, 0.717) is 48.5 Å². The number of ether oxygens (including phenoxy) is 2. The molecule has 11 nitrogen and oxygen atoms in total. The number of hydrogen-bond donors (Lipinski definition) is 3. The fraction of sp³-hybridized carbons (Fsp3) is 0.463. The van der Waals surface area contributed by atoms with Crippen LogP contribution >= 0.6 is 11.3 Å². The third-order valence-corrected chi connectivity index (χ3v) is 11.3. The number of amides is 2. The van der Waals surface area contributed by atoms with E-state index in [1.54, 1.807) is 0 Å². The number of carbonyl (C=O) groups excluding carboxylic acids is 2. The first-order valence-corrected chi connectivity index (χ1v) is 19.9. The topological polar surface area (TPSA) is 121 Å². The van der Waals surface area contributed by atoms with Crippen LogP contribution in [-0.4, -0.2) is 95.1 Å². The molecule has 2 aromatic heterocycles. The number of aromatic nitrogens is 2. The first kappa shape index (κ1) is 38.0. The van der Waals surface area contributed by atoms with Gasteiger partial charge in [0.1, 0.15) is 17.1 Å². The number of piperazine rings is 1. The number of hydrogen-bond acceptors (Lipinski definition) is 10. The van der Waals surface area contributed by atoms with Crippen molar-refractivity contribution in [3.8, 4) is 22.8 Å². The molecule has 1 aliphatic carbocycles. The molecule has 0 radical (unpaired) electrons. The molecule has 3 N–H and O–H groups in total. The zero-order valence-electron chi connectivity index (χ0n) is 31.3. The fourth-order valence-electron chi connectivity index (χ4n) is 7.85. The third-order valence-electron chi connectivity index (χ3n) is 10.3. The van der Waals surface area contributed by atoms with Gasteiger partial charge in [0, 0.05) is 74.5 Å². The highest BCUT2D eigenvalue weighted by atomic mass is 32.1. The van der Waals surface area contributed by atoms with Crippen molar-refractivity contribution in [1.82, 2.24) is 35.7 Å². The predicted molar refractivity (Wildman–Crippen MR) is 207 cm³/mol. The van der Waals surface area contributed by atoms with E-state index >= 15 is 0 Å². The molecule has 13 heteroatoms. The van der Waals surface area contributed by atoms with Gasteiger partial charge in [-0.1, -0.05) is 30.3 Å². The normalized spacial score (nSPS) is 22.4. The highest BCUT2D eigenvalue weighted by Crippen LogP contribution is 2.32. The van der Waals surface area contributed by atoms with Crippen molar-refractivity contribution < 1.29 is 23.5 Å². The maximum atomic E-state index is 14.5. The van der Waals surface area contributed by atoms with E-state index in [1.165, 1.54) is 28.5 Å². The predicted octanol–water partition coefficient (Wildman–Crippen LogP) is 5.93. The monoisotopic (exact) mass is 755 g/mol. The lowest BCUT2D eigenvalue weighted by Crippen LogP contribution is -2.53. The van der Waals surface area contributed by atoms with Crippen LogP contribution in [0.15, 0.2) is 60.1 Å². The second-order valence-corrected chi connectivity index (χ2v) is 15.8.